The number of nitro benzene ring substituents is 1. The Hall–Kier alpha value is -3.66. The second kappa shape index (κ2) is 12.7. The van der Waals surface area contributed by atoms with Crippen LogP contribution in [0.15, 0.2) is 86.1 Å². The fourth-order valence-corrected chi connectivity index (χ4v) is 6.13. The average Bonchev–Trinajstić information content (AvgIpc) is 2.89. The highest BCUT2D eigenvalue weighted by atomic mass is 79.9. The first-order chi connectivity index (χ1) is 18.7. The van der Waals surface area contributed by atoms with Gasteiger partial charge in [-0.25, -0.2) is 13.8 Å². The molecule has 0 heterocycles. The first-order valence-corrected chi connectivity index (χ1v) is 15.3. The molecular formula is C25H25BrN4O8S2. The van der Waals surface area contributed by atoms with E-state index in [1.807, 2.05) is 6.92 Å². The number of carbonyl (C=O) groups is 1. The van der Waals surface area contributed by atoms with Crippen LogP contribution in [0.1, 0.15) is 25.0 Å². The Bertz CT molecular complexity index is 1640. The topological polar surface area (TPSA) is 174 Å². The van der Waals surface area contributed by atoms with Gasteiger partial charge in [0.05, 0.1) is 20.5 Å². The van der Waals surface area contributed by atoms with Gasteiger partial charge >= 0.3 is 10.1 Å². The molecule has 0 aliphatic heterocycles. The minimum atomic E-state index is -4.27. The number of hydrogen-bond donors (Lipinski definition) is 2. The van der Waals surface area contributed by atoms with E-state index in [2.05, 4.69) is 31.2 Å². The maximum atomic E-state index is 12.7. The SMILES string of the molecule is Cc1ccc(S(=O)(=O)N[C@H](C(=O)N/N=C\c2ccc(OS(=O)(=O)c3ccc([N+](=O)[O-])cc3)c(Br)c2)C(C)C)cc1. The molecule has 1 atom stereocenters. The van der Waals surface area contributed by atoms with Crippen molar-refractivity contribution >= 4 is 53.9 Å². The van der Waals surface area contributed by atoms with Gasteiger partial charge in [0.15, 0.2) is 5.75 Å². The number of benzene rings is 3. The third kappa shape index (κ3) is 7.94. The summed E-state index contributed by atoms with van der Waals surface area (Å²) in [5.74, 6) is -1.11. The zero-order chi connectivity index (χ0) is 29.7. The van der Waals surface area contributed by atoms with E-state index in [0.717, 1.165) is 29.8 Å². The highest BCUT2D eigenvalue weighted by molar-refractivity contribution is 9.10. The van der Waals surface area contributed by atoms with Gasteiger partial charge in [-0.1, -0.05) is 31.5 Å². The fourth-order valence-electron chi connectivity index (χ4n) is 3.25. The minimum absolute atomic E-state index is 0.0304. The van der Waals surface area contributed by atoms with Crippen LogP contribution in [0, 0.1) is 23.0 Å². The Morgan fingerprint density at radius 2 is 1.60 bits per heavy atom. The molecule has 40 heavy (non-hydrogen) atoms. The third-order valence-electron chi connectivity index (χ3n) is 5.44. The number of nitrogens with one attached hydrogen (secondary N) is 2. The highest BCUT2D eigenvalue weighted by Crippen LogP contribution is 2.29. The summed E-state index contributed by atoms with van der Waals surface area (Å²) in [7, 11) is -8.23. The Morgan fingerprint density at radius 3 is 2.15 bits per heavy atom. The molecule has 3 rings (SSSR count). The maximum absolute atomic E-state index is 12.7. The molecule has 0 radical (unpaired) electrons. The third-order valence-corrected chi connectivity index (χ3v) is 8.77. The number of sulfonamides is 1. The van der Waals surface area contributed by atoms with Gasteiger partial charge in [0.2, 0.25) is 10.0 Å². The van der Waals surface area contributed by atoms with Crippen molar-refractivity contribution in [2.75, 3.05) is 0 Å². The molecule has 212 valence electrons. The number of halogens is 1. The van der Waals surface area contributed by atoms with Crippen LogP contribution in [-0.2, 0) is 24.9 Å². The van der Waals surface area contributed by atoms with Gasteiger partial charge in [0.1, 0.15) is 10.9 Å². The van der Waals surface area contributed by atoms with E-state index >= 15 is 0 Å². The van der Waals surface area contributed by atoms with Crippen LogP contribution >= 0.6 is 15.9 Å². The van der Waals surface area contributed by atoms with E-state index in [-0.39, 0.29) is 25.7 Å². The molecule has 0 aromatic heterocycles. The van der Waals surface area contributed by atoms with Gasteiger partial charge in [0, 0.05) is 12.1 Å². The van der Waals surface area contributed by atoms with Crippen molar-refractivity contribution < 1.29 is 30.7 Å². The monoisotopic (exact) mass is 652 g/mol. The summed E-state index contributed by atoms with van der Waals surface area (Å²) in [4.78, 5) is 22.6. The van der Waals surface area contributed by atoms with Crippen LogP contribution in [-0.4, -0.2) is 39.9 Å². The number of hydrogen-bond acceptors (Lipinski definition) is 9. The van der Waals surface area contributed by atoms with Gasteiger partial charge in [-0.05, 0) is 76.8 Å². The molecule has 12 nitrogen and oxygen atoms in total. The standard InChI is InChI=1S/C25H25BrN4O8S2/c1-16(2)24(29-39(34,35)20-9-4-17(3)5-10-20)25(31)28-27-15-18-6-13-23(22(26)14-18)38-40(36,37)21-11-7-19(8-12-21)30(32)33/h4-16,24,29H,1-3H3,(H,28,31)/b27-15-/t24-/m0/s1. The van der Waals surface area contributed by atoms with Gasteiger partial charge in [0.25, 0.3) is 11.6 Å². The summed E-state index contributed by atoms with van der Waals surface area (Å²) in [6.07, 6.45) is 1.28. The van der Waals surface area contributed by atoms with Crippen LogP contribution in [0.2, 0.25) is 0 Å². The van der Waals surface area contributed by atoms with Crippen molar-refractivity contribution in [3.05, 3.63) is 92.4 Å². The number of hydrazone groups is 1. The van der Waals surface area contributed by atoms with Crippen molar-refractivity contribution in [2.45, 2.75) is 36.6 Å². The van der Waals surface area contributed by atoms with Gasteiger partial charge in [-0.3, -0.25) is 14.9 Å². The predicted octanol–water partition coefficient (Wildman–Crippen LogP) is 3.89. The van der Waals surface area contributed by atoms with Crippen LogP contribution in [0.3, 0.4) is 0 Å². The molecule has 3 aromatic carbocycles. The summed E-state index contributed by atoms with van der Waals surface area (Å²) in [5.41, 5.74) is 3.40. The molecule has 0 bridgehead atoms. The number of nitro groups is 1. The quantitative estimate of drug-likeness (QED) is 0.136. The summed E-state index contributed by atoms with van der Waals surface area (Å²) in [6.45, 7) is 5.20. The number of nitrogens with zero attached hydrogens (tertiary/aromatic N) is 2. The Labute approximate surface area is 239 Å². The zero-order valence-corrected chi connectivity index (χ0v) is 24.7. The molecule has 0 spiro atoms. The molecule has 0 fully saturated rings. The van der Waals surface area contributed by atoms with Gasteiger partial charge < -0.3 is 4.18 Å². The first-order valence-electron chi connectivity index (χ1n) is 11.6. The maximum Gasteiger partial charge on any atom is 0.339 e. The molecule has 0 aliphatic rings. The van der Waals surface area contributed by atoms with Crippen LogP contribution in [0.4, 0.5) is 5.69 Å². The molecule has 3 aromatic rings. The van der Waals surface area contributed by atoms with Crippen molar-refractivity contribution in [2.24, 2.45) is 11.0 Å². The molecule has 0 saturated heterocycles. The molecule has 2 N–H and O–H groups in total. The Morgan fingerprint density at radius 1 is 1.00 bits per heavy atom. The lowest BCUT2D eigenvalue weighted by molar-refractivity contribution is -0.384. The van der Waals surface area contributed by atoms with E-state index in [9.17, 15) is 31.7 Å². The molecular weight excluding hydrogens is 628 g/mol. The average molecular weight is 654 g/mol. The van der Waals surface area contributed by atoms with E-state index in [1.165, 1.54) is 36.5 Å². The zero-order valence-electron chi connectivity index (χ0n) is 21.4. The molecule has 0 saturated carbocycles. The fraction of sp³-hybridized carbons (Fsp3) is 0.200. The van der Waals surface area contributed by atoms with Crippen molar-refractivity contribution in [1.82, 2.24) is 10.1 Å². The van der Waals surface area contributed by atoms with Gasteiger partial charge in [-0.2, -0.15) is 18.2 Å². The Balaban J connectivity index is 1.67. The van der Waals surface area contributed by atoms with Crippen LogP contribution in [0.25, 0.3) is 0 Å². The van der Waals surface area contributed by atoms with Gasteiger partial charge in [-0.15, -0.1) is 0 Å². The Kier molecular flexibility index (Phi) is 9.78. The lowest BCUT2D eigenvalue weighted by Crippen LogP contribution is -2.48. The molecule has 15 heteroatoms. The smallest absolute Gasteiger partial charge is 0.339 e. The van der Waals surface area contributed by atoms with Crippen molar-refractivity contribution in [3.63, 3.8) is 0 Å². The second-order valence-corrected chi connectivity index (χ2v) is 13.0. The van der Waals surface area contributed by atoms with E-state index < -0.39 is 42.9 Å². The first kappa shape index (κ1) is 30.9. The number of aryl methyl sites for hydroxylation is 1. The normalized spacial score (nSPS) is 12.8. The second-order valence-electron chi connectivity index (χ2n) is 8.87. The van der Waals surface area contributed by atoms with Crippen molar-refractivity contribution in [1.29, 1.82) is 0 Å². The van der Waals surface area contributed by atoms with E-state index in [1.54, 1.807) is 26.0 Å². The molecule has 1 amide bonds. The number of non-ortho nitro benzene ring substituents is 1. The molecule has 0 aliphatic carbocycles. The summed E-state index contributed by atoms with van der Waals surface area (Å²) >= 11 is 3.22. The molecule has 0 unspecified atom stereocenters. The summed E-state index contributed by atoms with van der Waals surface area (Å²) in [6, 6.07) is 13.7. The number of amides is 1. The number of carbonyl (C=O) groups excluding carboxylic acids is 1. The highest BCUT2D eigenvalue weighted by Gasteiger charge is 2.28. The van der Waals surface area contributed by atoms with E-state index in [0.29, 0.717) is 5.56 Å². The van der Waals surface area contributed by atoms with E-state index in [4.69, 9.17) is 4.18 Å². The van der Waals surface area contributed by atoms with Crippen molar-refractivity contribution in [3.8, 4) is 5.75 Å². The predicted molar refractivity (Wildman–Crippen MR) is 151 cm³/mol. The summed E-state index contributed by atoms with van der Waals surface area (Å²) in [5, 5.41) is 14.7. The lowest BCUT2D eigenvalue weighted by atomic mass is 10.1. The summed E-state index contributed by atoms with van der Waals surface area (Å²) < 4.78 is 58.4. The van der Waals surface area contributed by atoms with Crippen LogP contribution < -0.4 is 14.3 Å². The lowest BCUT2D eigenvalue weighted by Gasteiger charge is -2.20. The largest absolute Gasteiger partial charge is 0.378 e. The number of rotatable bonds is 11. The van der Waals surface area contributed by atoms with Crippen LogP contribution in [0.5, 0.6) is 5.75 Å². The minimum Gasteiger partial charge on any atom is -0.378 e.